The molecule has 112 valence electrons. The number of hydrogen-bond acceptors (Lipinski definition) is 5. The van der Waals surface area contributed by atoms with Crippen molar-refractivity contribution < 1.29 is 19.1 Å². The van der Waals surface area contributed by atoms with E-state index in [0.29, 0.717) is 26.2 Å². The quantitative estimate of drug-likeness (QED) is 0.585. The number of carbonyl (C=O) groups excluding carboxylic acids is 2. The molecule has 0 heterocycles. The minimum atomic E-state index is -0.386. The lowest BCUT2D eigenvalue weighted by molar-refractivity contribution is -0.149. The molecule has 0 spiro atoms. The van der Waals surface area contributed by atoms with Crippen molar-refractivity contribution in [1.29, 1.82) is 0 Å². The number of rotatable bonds is 10. The summed E-state index contributed by atoms with van der Waals surface area (Å²) in [5.74, 6) is -0.457. The fourth-order valence-corrected chi connectivity index (χ4v) is 1.67. The Morgan fingerprint density at radius 2 is 2.00 bits per heavy atom. The van der Waals surface area contributed by atoms with Gasteiger partial charge in [-0.1, -0.05) is 6.92 Å². The fraction of sp³-hybridized carbons (Fsp3) is 0.846. The molecule has 1 amide bonds. The van der Waals surface area contributed by atoms with Crippen molar-refractivity contribution >= 4 is 11.9 Å². The van der Waals surface area contributed by atoms with E-state index in [4.69, 9.17) is 9.47 Å². The smallest absolute Gasteiger partial charge is 0.325 e. The van der Waals surface area contributed by atoms with Crippen molar-refractivity contribution in [3.63, 3.8) is 0 Å². The van der Waals surface area contributed by atoms with Crippen molar-refractivity contribution in [1.82, 2.24) is 10.2 Å². The van der Waals surface area contributed by atoms with Gasteiger partial charge in [0.25, 0.3) is 0 Å². The summed E-state index contributed by atoms with van der Waals surface area (Å²) in [4.78, 5) is 25.0. The maximum absolute atomic E-state index is 12.1. The molecule has 1 unspecified atom stereocenters. The van der Waals surface area contributed by atoms with E-state index >= 15 is 0 Å². The Morgan fingerprint density at radius 3 is 2.53 bits per heavy atom. The predicted molar refractivity (Wildman–Crippen MR) is 72.8 cm³/mol. The van der Waals surface area contributed by atoms with Gasteiger partial charge in [-0.2, -0.15) is 0 Å². The number of carbonyl (C=O) groups is 2. The molecule has 1 atom stereocenters. The summed E-state index contributed by atoms with van der Waals surface area (Å²) in [6.45, 7) is 7.58. The molecule has 1 N–H and O–H groups in total. The number of ether oxygens (including phenoxy) is 2. The Morgan fingerprint density at radius 1 is 1.32 bits per heavy atom. The lowest BCUT2D eigenvalue weighted by Gasteiger charge is -2.23. The molecular formula is C13H26N2O4. The summed E-state index contributed by atoms with van der Waals surface area (Å²) in [5, 5.41) is 3.17. The average molecular weight is 274 g/mol. The number of methoxy groups -OCH3 is 1. The number of nitrogens with one attached hydrogen (secondary N) is 1. The molecule has 0 aromatic rings. The normalized spacial score (nSPS) is 12.0. The molecule has 0 aliphatic rings. The second kappa shape index (κ2) is 10.8. The third-order valence-electron chi connectivity index (χ3n) is 2.58. The number of esters is 1. The highest BCUT2D eigenvalue weighted by molar-refractivity contribution is 5.82. The standard InChI is InChI=1S/C13H26N2O4/c1-5-14-11(3)9-12(16)15(7-8-18-4)10-13(17)19-6-2/h11,14H,5-10H2,1-4H3. The maximum Gasteiger partial charge on any atom is 0.325 e. The van der Waals surface area contributed by atoms with E-state index in [1.807, 2.05) is 13.8 Å². The van der Waals surface area contributed by atoms with Crippen LogP contribution < -0.4 is 5.32 Å². The molecule has 0 fully saturated rings. The molecule has 0 aromatic heterocycles. The van der Waals surface area contributed by atoms with Crippen molar-refractivity contribution in [3.05, 3.63) is 0 Å². The Hall–Kier alpha value is -1.14. The first-order valence-electron chi connectivity index (χ1n) is 6.70. The molecule has 0 aromatic carbocycles. The molecule has 0 aliphatic heterocycles. The first kappa shape index (κ1) is 17.9. The second-order valence-electron chi connectivity index (χ2n) is 4.28. The monoisotopic (exact) mass is 274 g/mol. The van der Waals surface area contributed by atoms with Gasteiger partial charge >= 0.3 is 5.97 Å². The average Bonchev–Trinajstić information content (AvgIpc) is 2.34. The number of amides is 1. The van der Waals surface area contributed by atoms with E-state index in [1.165, 1.54) is 4.90 Å². The van der Waals surface area contributed by atoms with Crippen LogP contribution >= 0.6 is 0 Å². The van der Waals surface area contributed by atoms with Crippen LogP contribution in [0, 0.1) is 0 Å². The molecule has 0 bridgehead atoms. The van der Waals surface area contributed by atoms with Gasteiger partial charge in [-0.05, 0) is 20.4 Å². The van der Waals surface area contributed by atoms with E-state index in [1.54, 1.807) is 14.0 Å². The molecule has 6 nitrogen and oxygen atoms in total. The molecule has 0 saturated heterocycles. The Bertz CT molecular complexity index is 271. The van der Waals surface area contributed by atoms with Crippen molar-refractivity contribution in [2.24, 2.45) is 0 Å². The van der Waals surface area contributed by atoms with Crippen LogP contribution in [0.15, 0.2) is 0 Å². The van der Waals surface area contributed by atoms with Gasteiger partial charge in [-0.25, -0.2) is 0 Å². The zero-order valence-electron chi connectivity index (χ0n) is 12.4. The second-order valence-corrected chi connectivity index (χ2v) is 4.28. The van der Waals surface area contributed by atoms with Gasteiger partial charge < -0.3 is 19.7 Å². The lowest BCUT2D eigenvalue weighted by Crippen LogP contribution is -2.41. The van der Waals surface area contributed by atoms with Crippen molar-refractivity contribution in [2.75, 3.05) is 40.0 Å². The van der Waals surface area contributed by atoms with Gasteiger partial charge in [-0.3, -0.25) is 9.59 Å². The maximum atomic E-state index is 12.1. The summed E-state index contributed by atoms with van der Waals surface area (Å²) in [5.41, 5.74) is 0. The number of hydrogen-bond donors (Lipinski definition) is 1. The largest absolute Gasteiger partial charge is 0.465 e. The van der Waals surface area contributed by atoms with Crippen LogP contribution in [-0.4, -0.2) is 62.8 Å². The van der Waals surface area contributed by atoms with Crippen LogP contribution in [0.5, 0.6) is 0 Å². The summed E-state index contributed by atoms with van der Waals surface area (Å²) in [6, 6.07) is 0.0877. The molecule has 0 radical (unpaired) electrons. The fourth-order valence-electron chi connectivity index (χ4n) is 1.67. The van der Waals surface area contributed by atoms with E-state index < -0.39 is 0 Å². The van der Waals surface area contributed by atoms with Gasteiger partial charge in [0.05, 0.1) is 13.2 Å². The first-order chi connectivity index (χ1) is 9.04. The molecule has 0 rings (SSSR count). The van der Waals surface area contributed by atoms with Crippen molar-refractivity contribution in [3.8, 4) is 0 Å². The molecule has 6 heteroatoms. The summed E-state index contributed by atoms with van der Waals surface area (Å²) in [7, 11) is 1.56. The van der Waals surface area contributed by atoms with Crippen LogP contribution in [0.2, 0.25) is 0 Å². The van der Waals surface area contributed by atoms with Gasteiger partial charge in [-0.15, -0.1) is 0 Å². The van der Waals surface area contributed by atoms with Gasteiger partial charge in [0.2, 0.25) is 5.91 Å². The first-order valence-corrected chi connectivity index (χ1v) is 6.70. The van der Waals surface area contributed by atoms with Gasteiger partial charge in [0.1, 0.15) is 6.54 Å². The van der Waals surface area contributed by atoms with Crippen LogP contribution in [0.25, 0.3) is 0 Å². The summed E-state index contributed by atoms with van der Waals surface area (Å²) in [6.07, 6.45) is 0.358. The van der Waals surface area contributed by atoms with Crippen LogP contribution in [0.3, 0.4) is 0 Å². The minimum Gasteiger partial charge on any atom is -0.465 e. The molecule has 0 aliphatic carbocycles. The minimum absolute atomic E-state index is 0.0190. The summed E-state index contributed by atoms with van der Waals surface area (Å²) >= 11 is 0. The van der Waals surface area contributed by atoms with Gasteiger partial charge in [0.15, 0.2) is 0 Å². The van der Waals surface area contributed by atoms with E-state index in [2.05, 4.69) is 5.32 Å². The number of nitrogens with zero attached hydrogens (tertiary/aromatic N) is 1. The van der Waals surface area contributed by atoms with Crippen LogP contribution in [0.1, 0.15) is 27.2 Å². The SMILES string of the molecule is CCNC(C)CC(=O)N(CCOC)CC(=O)OCC. The van der Waals surface area contributed by atoms with Crippen LogP contribution in [-0.2, 0) is 19.1 Å². The van der Waals surface area contributed by atoms with E-state index in [0.717, 1.165) is 6.54 Å². The third kappa shape index (κ3) is 8.56. The Balaban J connectivity index is 4.37. The topological polar surface area (TPSA) is 67.9 Å². The summed E-state index contributed by atoms with van der Waals surface area (Å²) < 4.78 is 9.82. The van der Waals surface area contributed by atoms with Crippen molar-refractivity contribution in [2.45, 2.75) is 33.2 Å². The van der Waals surface area contributed by atoms with E-state index in [9.17, 15) is 9.59 Å². The third-order valence-corrected chi connectivity index (χ3v) is 2.58. The van der Waals surface area contributed by atoms with E-state index in [-0.39, 0.29) is 24.5 Å². The van der Waals surface area contributed by atoms with Gasteiger partial charge in [0, 0.05) is 26.1 Å². The molecular weight excluding hydrogens is 248 g/mol. The highest BCUT2D eigenvalue weighted by atomic mass is 16.5. The molecule has 19 heavy (non-hydrogen) atoms. The predicted octanol–water partition coefficient (Wildman–Crippen LogP) is 0.413. The lowest BCUT2D eigenvalue weighted by atomic mass is 10.2. The zero-order valence-corrected chi connectivity index (χ0v) is 12.4. The highest BCUT2D eigenvalue weighted by Crippen LogP contribution is 2.00. The molecule has 0 saturated carbocycles. The highest BCUT2D eigenvalue weighted by Gasteiger charge is 2.19. The Kier molecular flexibility index (Phi) is 10.1. The Labute approximate surface area is 115 Å². The van der Waals surface area contributed by atoms with Crippen LogP contribution in [0.4, 0.5) is 0 Å². The zero-order chi connectivity index (χ0) is 14.7.